The lowest BCUT2D eigenvalue weighted by atomic mass is 9.86. The number of phenols is 1. The van der Waals surface area contributed by atoms with Crippen LogP contribution in [0.4, 0.5) is 0 Å². The van der Waals surface area contributed by atoms with Gasteiger partial charge in [0, 0.05) is 49.4 Å². The van der Waals surface area contributed by atoms with Crippen LogP contribution in [0.25, 0.3) is 0 Å². The first-order chi connectivity index (χ1) is 26.1. The molecule has 1 heterocycles. The van der Waals surface area contributed by atoms with Gasteiger partial charge < -0.3 is 40.6 Å². The summed E-state index contributed by atoms with van der Waals surface area (Å²) >= 11 is 0. The van der Waals surface area contributed by atoms with Crippen molar-refractivity contribution in [2.45, 2.75) is 90.4 Å². The number of Topliss-reactive ketones (excluding diaryl/α,β-unsaturated/α-hetero) is 1. The number of nitrogens with two attached hydrogens (primary N) is 1. The van der Waals surface area contributed by atoms with Crippen LogP contribution in [0.1, 0.15) is 79.3 Å². The van der Waals surface area contributed by atoms with Gasteiger partial charge in [-0.1, -0.05) is 68.2 Å². The van der Waals surface area contributed by atoms with Crippen LogP contribution in [0, 0.1) is 23.7 Å². The van der Waals surface area contributed by atoms with E-state index >= 15 is 0 Å². The van der Waals surface area contributed by atoms with Crippen molar-refractivity contribution in [2.75, 3.05) is 33.5 Å². The number of ether oxygens (including phenoxy) is 3. The van der Waals surface area contributed by atoms with Gasteiger partial charge in [0.2, 0.25) is 6.29 Å². The van der Waals surface area contributed by atoms with E-state index in [4.69, 9.17) is 19.9 Å². The number of ketones is 1. The number of carbonyl (C=O) groups is 1. The lowest BCUT2D eigenvalue weighted by molar-refractivity contribution is -0.121. The molecule has 0 spiro atoms. The molecule has 11 heteroatoms. The Morgan fingerprint density at radius 1 is 1.04 bits per heavy atom. The van der Waals surface area contributed by atoms with Crippen molar-refractivity contribution in [3.63, 3.8) is 0 Å². The zero-order valence-electron chi connectivity index (χ0n) is 31.8. The lowest BCUT2D eigenvalue weighted by Crippen LogP contribution is -2.38. The fourth-order valence-corrected chi connectivity index (χ4v) is 6.91. The number of carbonyl (C=O) groups excluding carboxylic acids is 1. The second-order valence-corrected chi connectivity index (χ2v) is 14.6. The Balaban J connectivity index is 1.45. The summed E-state index contributed by atoms with van der Waals surface area (Å²) in [6.07, 6.45) is 2.85. The van der Waals surface area contributed by atoms with E-state index in [0.29, 0.717) is 74.1 Å². The molecule has 3 atom stereocenters. The first kappa shape index (κ1) is 40.4. The molecular weight excluding hydrogens is 684 g/mol. The average Bonchev–Trinajstić information content (AvgIpc) is 3.15. The van der Waals surface area contributed by atoms with Crippen LogP contribution in [0.5, 0.6) is 23.0 Å². The summed E-state index contributed by atoms with van der Waals surface area (Å²) in [6.45, 7) is 6.25. The standard InChI is InChI=1S/C43H56N4O7/c1-28(2)26-47-43(44)46-22-20-33-24-37-31-15-18-35(49)25-34(48)17-14-30-16-19-38(50)40(52-3)36(30)13-7-12-32(23-31)39(41(37)54-42(33)51)53-27-45-21-8-11-29-9-5-4-6-10-29/h4-6,9-10,16,19,23,28,33,35,42,45,49-51H,8,11-12,14-15,17-18,20-22,24-27H2,1-3H3,(H3,44,46,47)/t33-,35+,42-/m0/s1. The monoisotopic (exact) mass is 740 g/mol. The Morgan fingerprint density at radius 2 is 1.85 bits per heavy atom. The van der Waals surface area contributed by atoms with E-state index in [1.807, 2.05) is 18.2 Å². The Bertz CT molecular complexity index is 1800. The number of hydrogen-bond donors (Lipinski definition) is 6. The molecule has 0 radical (unpaired) electrons. The predicted molar refractivity (Wildman–Crippen MR) is 210 cm³/mol. The molecule has 0 saturated heterocycles. The van der Waals surface area contributed by atoms with Crippen LogP contribution in [-0.2, 0) is 36.9 Å². The number of hydrogen-bond acceptors (Lipinski definition) is 9. The Hall–Kier alpha value is -4.76. The minimum absolute atomic E-state index is 0.0334. The highest BCUT2D eigenvalue weighted by Crippen LogP contribution is 2.44. The quantitative estimate of drug-likeness (QED) is 0.0481. The second kappa shape index (κ2) is 20.1. The fourth-order valence-electron chi connectivity index (χ4n) is 6.91. The zero-order chi connectivity index (χ0) is 38.5. The molecule has 290 valence electrons. The maximum atomic E-state index is 13.0. The molecular formula is C43H56N4O7. The number of aliphatic imine (C=N–C) groups is 1. The van der Waals surface area contributed by atoms with E-state index in [1.165, 1.54) is 12.7 Å². The molecule has 0 unspecified atom stereocenters. The van der Waals surface area contributed by atoms with E-state index < -0.39 is 12.4 Å². The van der Waals surface area contributed by atoms with Gasteiger partial charge in [0.15, 0.2) is 29.0 Å². The van der Waals surface area contributed by atoms with Crippen molar-refractivity contribution in [1.29, 1.82) is 0 Å². The fraction of sp³-hybridized carbons (Fsp3) is 0.488. The molecule has 7 N–H and O–H groups in total. The highest BCUT2D eigenvalue weighted by molar-refractivity contribution is 5.79. The van der Waals surface area contributed by atoms with Crippen molar-refractivity contribution < 1.29 is 34.3 Å². The number of guanidine groups is 1. The number of rotatable bonds is 13. The Morgan fingerprint density at radius 3 is 2.63 bits per heavy atom. The van der Waals surface area contributed by atoms with Gasteiger partial charge in [-0.05, 0) is 80.2 Å². The molecule has 2 bridgehead atoms. The maximum absolute atomic E-state index is 13.0. The van der Waals surface area contributed by atoms with Gasteiger partial charge >= 0.3 is 0 Å². The molecule has 0 saturated carbocycles. The number of nitrogens with zero attached hydrogens (tertiary/aromatic N) is 1. The van der Waals surface area contributed by atoms with E-state index in [1.54, 1.807) is 12.1 Å². The van der Waals surface area contributed by atoms with E-state index in [0.717, 1.165) is 41.6 Å². The molecule has 0 fully saturated rings. The Kier molecular flexibility index (Phi) is 15.0. The van der Waals surface area contributed by atoms with Gasteiger partial charge in [-0.25, -0.2) is 0 Å². The van der Waals surface area contributed by atoms with Crippen molar-refractivity contribution in [3.8, 4) is 34.8 Å². The first-order valence-corrected chi connectivity index (χ1v) is 19.1. The average molecular weight is 741 g/mol. The summed E-state index contributed by atoms with van der Waals surface area (Å²) in [5.41, 5.74) is 11.3. The smallest absolute Gasteiger partial charge is 0.200 e. The number of nitrogens with one attached hydrogen (secondary N) is 2. The summed E-state index contributed by atoms with van der Waals surface area (Å²) in [5, 5.41) is 39.5. The van der Waals surface area contributed by atoms with E-state index in [-0.39, 0.29) is 49.2 Å². The number of aromatic hydroxyl groups is 1. The number of aryl methyl sites for hydroxylation is 3. The van der Waals surface area contributed by atoms with Gasteiger partial charge in [0.1, 0.15) is 12.5 Å². The molecule has 3 aromatic carbocycles. The van der Waals surface area contributed by atoms with Crippen LogP contribution in [-0.4, -0.2) is 72.9 Å². The number of aliphatic hydroxyl groups excluding tert-OH is 2. The Labute approximate surface area is 319 Å². The molecule has 0 aromatic heterocycles. The van der Waals surface area contributed by atoms with Crippen molar-refractivity contribution in [1.82, 2.24) is 10.6 Å². The largest absolute Gasteiger partial charge is 0.504 e. The summed E-state index contributed by atoms with van der Waals surface area (Å²) in [4.78, 5) is 17.4. The molecule has 0 amide bonds. The third-order valence-corrected chi connectivity index (χ3v) is 9.85. The highest BCUT2D eigenvalue weighted by atomic mass is 16.6. The van der Waals surface area contributed by atoms with Crippen LogP contribution in [0.3, 0.4) is 0 Å². The zero-order valence-corrected chi connectivity index (χ0v) is 31.8. The molecule has 2 aliphatic rings. The van der Waals surface area contributed by atoms with Crippen LogP contribution in [0.15, 0.2) is 53.5 Å². The van der Waals surface area contributed by atoms with Gasteiger partial charge in [-0.2, -0.15) is 0 Å². The summed E-state index contributed by atoms with van der Waals surface area (Å²) in [6, 6.07) is 15.7. The third-order valence-electron chi connectivity index (χ3n) is 9.85. The predicted octanol–water partition coefficient (Wildman–Crippen LogP) is 4.57. The van der Waals surface area contributed by atoms with Crippen LogP contribution in [0.2, 0.25) is 0 Å². The van der Waals surface area contributed by atoms with Gasteiger partial charge in [-0.3, -0.25) is 15.1 Å². The topological polar surface area (TPSA) is 168 Å². The van der Waals surface area contributed by atoms with E-state index in [9.17, 15) is 20.1 Å². The summed E-state index contributed by atoms with van der Waals surface area (Å²) in [5.74, 6) is 8.12. The molecule has 1 aliphatic heterocycles. The lowest BCUT2D eigenvalue weighted by Gasteiger charge is -2.34. The maximum Gasteiger partial charge on any atom is 0.200 e. The molecule has 3 aromatic rings. The highest BCUT2D eigenvalue weighted by Gasteiger charge is 2.34. The number of phenolic OH excluding ortho intramolecular Hbond substituents is 1. The first-order valence-electron chi connectivity index (χ1n) is 19.1. The van der Waals surface area contributed by atoms with E-state index in [2.05, 4.69) is 59.5 Å². The molecule has 1 aliphatic carbocycles. The van der Waals surface area contributed by atoms with Gasteiger partial charge in [0.25, 0.3) is 0 Å². The molecule has 54 heavy (non-hydrogen) atoms. The summed E-state index contributed by atoms with van der Waals surface area (Å²) < 4.78 is 18.3. The minimum atomic E-state index is -1.10. The summed E-state index contributed by atoms with van der Waals surface area (Å²) in [7, 11) is 1.48. The van der Waals surface area contributed by atoms with Gasteiger partial charge in [0.05, 0.1) is 18.8 Å². The molecule has 11 nitrogen and oxygen atoms in total. The third kappa shape index (κ3) is 11.4. The van der Waals surface area contributed by atoms with Crippen molar-refractivity contribution in [2.24, 2.45) is 22.6 Å². The second-order valence-electron chi connectivity index (χ2n) is 14.6. The minimum Gasteiger partial charge on any atom is -0.504 e. The number of methoxy groups -OCH3 is 1. The van der Waals surface area contributed by atoms with Crippen molar-refractivity contribution >= 4 is 11.7 Å². The van der Waals surface area contributed by atoms with Crippen molar-refractivity contribution in [3.05, 3.63) is 81.9 Å². The number of fused-ring (bicyclic) bond motifs is 5. The van der Waals surface area contributed by atoms with Crippen LogP contribution >= 0.6 is 0 Å². The normalized spacial score (nSPS) is 19.0. The SMILES string of the molecule is COc1c(O)ccc2c1C#CCc1cc(c3c(c1OCNCCCc1ccccc1)O[C@H](O)[C@@H](CCNC(N)=NCC(C)C)C3)CC[C@@H](O)CC(=O)CC2. The number of aliphatic hydroxyl groups is 2. The van der Waals surface area contributed by atoms with Gasteiger partial charge in [-0.15, -0.1) is 0 Å². The van der Waals surface area contributed by atoms with Crippen LogP contribution < -0.4 is 30.6 Å². The molecule has 5 rings (SSSR count). The number of benzene rings is 3.